The molecule has 3 rings (SSSR count). The Kier molecular flexibility index (Phi) is 6.01. The van der Waals surface area contributed by atoms with Crippen LogP contribution in [0.4, 0.5) is 0 Å². The first-order valence-electron chi connectivity index (χ1n) is 8.67. The molecule has 0 aliphatic carbocycles. The van der Waals surface area contributed by atoms with Crippen molar-refractivity contribution in [1.29, 1.82) is 0 Å². The third-order valence-corrected chi connectivity index (χ3v) is 4.42. The van der Waals surface area contributed by atoms with E-state index >= 15 is 0 Å². The zero-order valence-corrected chi connectivity index (χ0v) is 17.2. The highest BCUT2D eigenvalue weighted by molar-refractivity contribution is 5.74. The van der Waals surface area contributed by atoms with Gasteiger partial charge in [0.15, 0.2) is 28.8 Å². The van der Waals surface area contributed by atoms with Gasteiger partial charge in [0.2, 0.25) is 11.5 Å². The summed E-state index contributed by atoms with van der Waals surface area (Å²) in [6.45, 7) is 0. The average Bonchev–Trinajstić information content (AvgIpc) is 3.27. The predicted octanol–water partition coefficient (Wildman–Crippen LogP) is 4.06. The molecule has 1 heterocycles. The molecule has 8 heteroatoms. The molecule has 0 saturated heterocycles. The van der Waals surface area contributed by atoms with Gasteiger partial charge in [0, 0.05) is 17.2 Å². The fraction of sp³-hybridized carbons (Fsp3) is 0.286. The van der Waals surface area contributed by atoms with E-state index in [1.807, 2.05) is 0 Å². The largest absolute Gasteiger partial charge is 0.493 e. The zero-order valence-electron chi connectivity index (χ0n) is 17.2. The predicted molar refractivity (Wildman–Crippen MR) is 107 cm³/mol. The lowest BCUT2D eigenvalue weighted by Crippen LogP contribution is -1.95. The van der Waals surface area contributed by atoms with Crippen LogP contribution in [0.5, 0.6) is 34.5 Å². The van der Waals surface area contributed by atoms with Gasteiger partial charge in [0.25, 0.3) is 0 Å². The highest BCUT2D eigenvalue weighted by Gasteiger charge is 2.19. The molecule has 0 saturated carbocycles. The standard InChI is InChI=1S/C21H23NO7/c1-23-16-7-12(8-17(24-2)20(16)27-5)14-11-15(29-22-14)13-9-18(25-3)21(28-6)19(10-13)26-4/h7-11H,1-6H3. The molecule has 8 nitrogen and oxygen atoms in total. The van der Waals surface area contributed by atoms with Gasteiger partial charge in [-0.25, -0.2) is 0 Å². The maximum Gasteiger partial charge on any atom is 0.203 e. The minimum absolute atomic E-state index is 0.503. The second-order valence-corrected chi connectivity index (χ2v) is 5.90. The Morgan fingerprint density at radius 3 is 1.34 bits per heavy atom. The molecule has 0 atom stereocenters. The molecule has 0 N–H and O–H groups in total. The Bertz CT molecular complexity index is 868. The zero-order chi connectivity index (χ0) is 21.0. The van der Waals surface area contributed by atoms with Gasteiger partial charge in [-0.15, -0.1) is 0 Å². The van der Waals surface area contributed by atoms with E-state index in [1.165, 1.54) is 0 Å². The third kappa shape index (κ3) is 3.73. The summed E-state index contributed by atoms with van der Waals surface area (Å²) in [5.41, 5.74) is 2.08. The van der Waals surface area contributed by atoms with Crippen molar-refractivity contribution in [2.75, 3.05) is 42.7 Å². The highest BCUT2D eigenvalue weighted by Crippen LogP contribution is 2.43. The lowest BCUT2D eigenvalue weighted by molar-refractivity contribution is 0.324. The summed E-state index contributed by atoms with van der Waals surface area (Å²) in [6, 6.07) is 9.00. The Morgan fingerprint density at radius 1 is 0.552 bits per heavy atom. The molecule has 1 aromatic heterocycles. The van der Waals surface area contributed by atoms with Gasteiger partial charge in [0.1, 0.15) is 5.69 Å². The van der Waals surface area contributed by atoms with Crippen LogP contribution >= 0.6 is 0 Å². The first-order valence-corrected chi connectivity index (χ1v) is 8.67. The third-order valence-electron chi connectivity index (χ3n) is 4.42. The van der Waals surface area contributed by atoms with E-state index in [0.29, 0.717) is 46.0 Å². The van der Waals surface area contributed by atoms with E-state index in [1.54, 1.807) is 73.0 Å². The Morgan fingerprint density at radius 2 is 0.966 bits per heavy atom. The molecule has 0 aliphatic heterocycles. The summed E-state index contributed by atoms with van der Waals surface area (Å²) in [6.07, 6.45) is 0. The molecule has 29 heavy (non-hydrogen) atoms. The fourth-order valence-electron chi connectivity index (χ4n) is 3.00. The molecule has 0 unspecified atom stereocenters. The molecule has 0 amide bonds. The Hall–Kier alpha value is -3.55. The van der Waals surface area contributed by atoms with Crippen LogP contribution in [-0.2, 0) is 0 Å². The van der Waals surface area contributed by atoms with Crippen molar-refractivity contribution in [3.05, 3.63) is 30.3 Å². The number of hydrogen-bond acceptors (Lipinski definition) is 8. The molecule has 0 radical (unpaired) electrons. The number of ether oxygens (including phenoxy) is 6. The summed E-state index contributed by atoms with van der Waals surface area (Å²) in [5.74, 6) is 3.64. The van der Waals surface area contributed by atoms with Crippen molar-refractivity contribution in [1.82, 2.24) is 5.16 Å². The molecule has 3 aromatic rings. The average molecular weight is 401 g/mol. The first-order chi connectivity index (χ1) is 14.1. The number of methoxy groups -OCH3 is 6. The molecule has 2 aromatic carbocycles. The SMILES string of the molecule is COc1cc(-c2cc(-c3cc(OC)c(OC)c(OC)c3)on2)cc(OC)c1OC. The second-order valence-electron chi connectivity index (χ2n) is 5.90. The van der Waals surface area contributed by atoms with Crippen LogP contribution in [0.15, 0.2) is 34.9 Å². The first kappa shape index (κ1) is 20.2. The minimum Gasteiger partial charge on any atom is -0.493 e. The van der Waals surface area contributed by atoms with Crippen LogP contribution in [-0.4, -0.2) is 47.8 Å². The van der Waals surface area contributed by atoms with Crippen LogP contribution in [0, 0.1) is 0 Å². The van der Waals surface area contributed by atoms with Crippen molar-refractivity contribution >= 4 is 0 Å². The van der Waals surface area contributed by atoms with Crippen LogP contribution in [0.25, 0.3) is 22.6 Å². The van der Waals surface area contributed by atoms with E-state index in [-0.39, 0.29) is 0 Å². The Balaban J connectivity index is 2.06. The fourth-order valence-corrected chi connectivity index (χ4v) is 3.00. The molecule has 0 bridgehead atoms. The molecule has 154 valence electrons. The van der Waals surface area contributed by atoms with Gasteiger partial charge >= 0.3 is 0 Å². The van der Waals surface area contributed by atoms with E-state index in [4.69, 9.17) is 32.9 Å². The second kappa shape index (κ2) is 8.64. The topological polar surface area (TPSA) is 81.4 Å². The molecule has 0 aliphatic rings. The van der Waals surface area contributed by atoms with Crippen molar-refractivity contribution in [3.63, 3.8) is 0 Å². The molecular formula is C21H23NO7. The van der Waals surface area contributed by atoms with Crippen LogP contribution in [0.3, 0.4) is 0 Å². The summed E-state index contributed by atoms with van der Waals surface area (Å²) in [5, 5.41) is 4.18. The van der Waals surface area contributed by atoms with Gasteiger partial charge in [-0.1, -0.05) is 5.16 Å². The Labute approximate surface area is 168 Å². The maximum atomic E-state index is 5.57. The van der Waals surface area contributed by atoms with Crippen LogP contribution < -0.4 is 28.4 Å². The van der Waals surface area contributed by atoms with E-state index in [0.717, 1.165) is 11.1 Å². The number of benzene rings is 2. The van der Waals surface area contributed by atoms with Crippen LogP contribution in [0.2, 0.25) is 0 Å². The van der Waals surface area contributed by atoms with E-state index in [9.17, 15) is 0 Å². The van der Waals surface area contributed by atoms with Crippen molar-refractivity contribution in [2.24, 2.45) is 0 Å². The summed E-state index contributed by atoms with van der Waals surface area (Å²) in [7, 11) is 9.35. The smallest absolute Gasteiger partial charge is 0.203 e. The lowest BCUT2D eigenvalue weighted by Gasteiger charge is -2.13. The van der Waals surface area contributed by atoms with Gasteiger partial charge in [0.05, 0.1) is 42.7 Å². The highest BCUT2D eigenvalue weighted by atomic mass is 16.5. The molecule has 0 spiro atoms. The van der Waals surface area contributed by atoms with E-state index < -0.39 is 0 Å². The molecular weight excluding hydrogens is 378 g/mol. The van der Waals surface area contributed by atoms with E-state index in [2.05, 4.69) is 5.16 Å². The maximum absolute atomic E-state index is 5.57. The molecule has 0 fully saturated rings. The summed E-state index contributed by atoms with van der Waals surface area (Å²) >= 11 is 0. The monoisotopic (exact) mass is 401 g/mol. The normalized spacial score (nSPS) is 10.4. The van der Waals surface area contributed by atoms with Gasteiger partial charge in [-0.3, -0.25) is 0 Å². The van der Waals surface area contributed by atoms with Crippen LogP contribution in [0.1, 0.15) is 0 Å². The van der Waals surface area contributed by atoms with Crippen molar-refractivity contribution in [3.8, 4) is 57.1 Å². The summed E-state index contributed by atoms with van der Waals surface area (Å²) in [4.78, 5) is 0. The number of nitrogens with zero attached hydrogens (tertiary/aromatic N) is 1. The van der Waals surface area contributed by atoms with Crippen molar-refractivity contribution < 1.29 is 32.9 Å². The number of aromatic nitrogens is 1. The van der Waals surface area contributed by atoms with Gasteiger partial charge in [-0.2, -0.15) is 0 Å². The quantitative estimate of drug-likeness (QED) is 0.559. The number of hydrogen-bond donors (Lipinski definition) is 0. The number of rotatable bonds is 8. The van der Waals surface area contributed by atoms with Gasteiger partial charge in [-0.05, 0) is 24.3 Å². The van der Waals surface area contributed by atoms with Crippen molar-refractivity contribution in [2.45, 2.75) is 0 Å². The minimum atomic E-state index is 0.503. The van der Waals surface area contributed by atoms with Gasteiger partial charge < -0.3 is 32.9 Å². The lowest BCUT2D eigenvalue weighted by atomic mass is 10.1. The summed E-state index contributed by atoms with van der Waals surface area (Å²) < 4.78 is 37.9.